The first kappa shape index (κ1) is 19.8. The maximum absolute atomic E-state index is 13.4. The summed E-state index contributed by atoms with van der Waals surface area (Å²) in [6.07, 6.45) is 0. The van der Waals surface area contributed by atoms with Gasteiger partial charge in [-0.05, 0) is 58.8 Å². The molecule has 0 saturated heterocycles. The molecule has 0 saturated carbocycles. The second-order valence-electron chi connectivity index (χ2n) is 7.75. The molecule has 0 spiro atoms. The Hall–Kier alpha value is -4.13. The highest BCUT2D eigenvalue weighted by molar-refractivity contribution is 5.94. The van der Waals surface area contributed by atoms with E-state index in [1.807, 2.05) is 61.5 Å². The van der Waals surface area contributed by atoms with Crippen molar-refractivity contribution in [2.24, 2.45) is 0 Å². The SMILES string of the molecule is Cc1cccc2cc(CN(Cc3ccccc3)C(=O)c3ccc(F)cc3)c3nnnn3c12. The number of carbonyl (C=O) groups excluding carboxylic acids is 1. The number of tetrazole rings is 1. The third kappa shape index (κ3) is 3.69. The molecule has 5 rings (SSSR count). The van der Waals surface area contributed by atoms with Crippen LogP contribution < -0.4 is 0 Å². The summed E-state index contributed by atoms with van der Waals surface area (Å²) in [6, 6.07) is 23.4. The second kappa shape index (κ2) is 8.19. The fourth-order valence-electron chi connectivity index (χ4n) is 3.98. The van der Waals surface area contributed by atoms with Crippen molar-refractivity contribution in [1.29, 1.82) is 0 Å². The van der Waals surface area contributed by atoms with Crippen LogP contribution in [0, 0.1) is 12.7 Å². The van der Waals surface area contributed by atoms with E-state index in [4.69, 9.17) is 0 Å². The van der Waals surface area contributed by atoms with E-state index in [1.54, 1.807) is 9.42 Å². The van der Waals surface area contributed by atoms with E-state index in [9.17, 15) is 9.18 Å². The van der Waals surface area contributed by atoms with Gasteiger partial charge in [0.2, 0.25) is 0 Å². The predicted octanol–water partition coefficient (Wildman–Crippen LogP) is 4.57. The van der Waals surface area contributed by atoms with Crippen molar-refractivity contribution in [3.63, 3.8) is 0 Å². The van der Waals surface area contributed by atoms with E-state index < -0.39 is 0 Å². The molecule has 0 aliphatic rings. The summed E-state index contributed by atoms with van der Waals surface area (Å²) in [5.74, 6) is -0.568. The number of pyridine rings is 1. The standard InChI is InChI=1S/C25H20FN5O/c1-17-6-5-9-20-14-21(24-27-28-29-31(24)23(17)20)16-30(15-18-7-3-2-4-8-18)25(32)19-10-12-22(26)13-11-19/h2-14H,15-16H2,1H3. The first-order chi connectivity index (χ1) is 15.6. The fourth-order valence-corrected chi connectivity index (χ4v) is 3.98. The molecular weight excluding hydrogens is 405 g/mol. The first-order valence-electron chi connectivity index (χ1n) is 10.3. The van der Waals surface area contributed by atoms with Gasteiger partial charge in [-0.2, -0.15) is 4.52 Å². The molecule has 0 unspecified atom stereocenters. The zero-order valence-electron chi connectivity index (χ0n) is 17.4. The molecule has 2 aromatic heterocycles. The zero-order chi connectivity index (χ0) is 22.1. The second-order valence-corrected chi connectivity index (χ2v) is 7.75. The van der Waals surface area contributed by atoms with Gasteiger partial charge < -0.3 is 4.90 Å². The van der Waals surface area contributed by atoms with Crippen molar-refractivity contribution in [3.8, 4) is 0 Å². The van der Waals surface area contributed by atoms with Crippen LogP contribution in [-0.4, -0.2) is 30.8 Å². The summed E-state index contributed by atoms with van der Waals surface area (Å²) in [4.78, 5) is 15.1. The lowest BCUT2D eigenvalue weighted by Gasteiger charge is -2.23. The minimum atomic E-state index is -0.377. The van der Waals surface area contributed by atoms with Crippen LogP contribution in [-0.2, 0) is 13.1 Å². The highest BCUT2D eigenvalue weighted by Gasteiger charge is 2.20. The van der Waals surface area contributed by atoms with Crippen LogP contribution in [0.3, 0.4) is 0 Å². The molecule has 1 amide bonds. The highest BCUT2D eigenvalue weighted by Crippen LogP contribution is 2.24. The Morgan fingerprint density at radius 1 is 0.969 bits per heavy atom. The van der Waals surface area contributed by atoms with Gasteiger partial charge in [0.25, 0.3) is 5.91 Å². The average molecular weight is 425 g/mol. The topological polar surface area (TPSA) is 63.4 Å². The maximum Gasteiger partial charge on any atom is 0.254 e. The normalized spacial score (nSPS) is 11.2. The van der Waals surface area contributed by atoms with Crippen molar-refractivity contribution in [3.05, 3.63) is 107 Å². The molecule has 7 heteroatoms. The summed E-state index contributed by atoms with van der Waals surface area (Å²) in [5.41, 5.74) is 4.87. The molecule has 0 N–H and O–H groups in total. The van der Waals surface area contributed by atoms with Crippen LogP contribution in [0.5, 0.6) is 0 Å². The maximum atomic E-state index is 13.4. The first-order valence-corrected chi connectivity index (χ1v) is 10.3. The Labute approximate surface area is 183 Å². The summed E-state index contributed by atoms with van der Waals surface area (Å²) >= 11 is 0. The number of nitrogens with zero attached hydrogens (tertiary/aromatic N) is 5. The van der Waals surface area contributed by atoms with E-state index in [0.717, 1.165) is 27.6 Å². The summed E-state index contributed by atoms with van der Waals surface area (Å²) in [6.45, 7) is 2.72. The monoisotopic (exact) mass is 425 g/mol. The van der Waals surface area contributed by atoms with Gasteiger partial charge in [-0.3, -0.25) is 4.79 Å². The smallest absolute Gasteiger partial charge is 0.254 e. The Morgan fingerprint density at radius 3 is 2.53 bits per heavy atom. The summed E-state index contributed by atoms with van der Waals surface area (Å²) in [7, 11) is 0. The Kier molecular flexibility index (Phi) is 5.07. The molecule has 2 heterocycles. The lowest BCUT2D eigenvalue weighted by Crippen LogP contribution is -2.30. The van der Waals surface area contributed by atoms with Gasteiger partial charge in [0.15, 0.2) is 5.65 Å². The van der Waals surface area contributed by atoms with E-state index in [-0.39, 0.29) is 11.7 Å². The van der Waals surface area contributed by atoms with Gasteiger partial charge in [0, 0.05) is 23.1 Å². The Bertz CT molecular complexity index is 1410. The number of rotatable bonds is 5. The quantitative estimate of drug-likeness (QED) is 0.414. The molecular formula is C25H20FN5O. The van der Waals surface area contributed by atoms with Gasteiger partial charge in [0.1, 0.15) is 5.82 Å². The number of aromatic nitrogens is 4. The van der Waals surface area contributed by atoms with Gasteiger partial charge in [0.05, 0.1) is 12.1 Å². The van der Waals surface area contributed by atoms with Gasteiger partial charge in [-0.15, -0.1) is 5.10 Å². The molecule has 3 aromatic carbocycles. The lowest BCUT2D eigenvalue weighted by molar-refractivity contribution is 0.0730. The fraction of sp³-hybridized carbons (Fsp3) is 0.120. The number of amides is 1. The van der Waals surface area contributed by atoms with Crippen molar-refractivity contribution < 1.29 is 9.18 Å². The molecule has 5 aromatic rings. The molecule has 0 atom stereocenters. The van der Waals surface area contributed by atoms with Crippen LogP contribution in [0.1, 0.15) is 27.0 Å². The average Bonchev–Trinajstić information content (AvgIpc) is 3.30. The number of carbonyl (C=O) groups is 1. The molecule has 158 valence electrons. The van der Waals surface area contributed by atoms with Crippen LogP contribution in [0.25, 0.3) is 16.6 Å². The van der Waals surface area contributed by atoms with Crippen molar-refractivity contribution in [1.82, 2.24) is 24.9 Å². The number of benzene rings is 3. The molecule has 6 nitrogen and oxygen atoms in total. The Morgan fingerprint density at radius 2 is 1.75 bits per heavy atom. The van der Waals surface area contributed by atoms with E-state index >= 15 is 0 Å². The Balaban J connectivity index is 1.59. The summed E-state index contributed by atoms with van der Waals surface area (Å²) < 4.78 is 15.1. The van der Waals surface area contributed by atoms with Crippen LogP contribution in [0.15, 0.2) is 78.9 Å². The lowest BCUT2D eigenvalue weighted by atomic mass is 10.1. The largest absolute Gasteiger partial charge is 0.330 e. The number of para-hydroxylation sites is 1. The van der Waals surface area contributed by atoms with E-state index in [2.05, 4.69) is 15.5 Å². The molecule has 32 heavy (non-hydrogen) atoms. The number of halogens is 1. The molecule has 0 radical (unpaired) electrons. The van der Waals surface area contributed by atoms with E-state index in [1.165, 1.54) is 24.3 Å². The van der Waals surface area contributed by atoms with Gasteiger partial charge in [-0.1, -0.05) is 48.5 Å². The third-order valence-corrected chi connectivity index (χ3v) is 5.52. The minimum Gasteiger partial charge on any atom is -0.330 e. The molecule has 0 aliphatic heterocycles. The van der Waals surface area contributed by atoms with E-state index in [0.29, 0.717) is 24.3 Å². The molecule has 0 fully saturated rings. The van der Waals surface area contributed by atoms with Crippen molar-refractivity contribution in [2.45, 2.75) is 20.0 Å². The van der Waals surface area contributed by atoms with Crippen molar-refractivity contribution >= 4 is 22.5 Å². The van der Waals surface area contributed by atoms with Crippen molar-refractivity contribution in [2.75, 3.05) is 0 Å². The summed E-state index contributed by atoms with van der Waals surface area (Å²) in [5, 5.41) is 13.3. The van der Waals surface area contributed by atoms with Gasteiger partial charge in [-0.25, -0.2) is 4.39 Å². The highest BCUT2D eigenvalue weighted by atomic mass is 19.1. The number of aryl methyl sites for hydroxylation is 1. The van der Waals surface area contributed by atoms with Crippen LogP contribution in [0.4, 0.5) is 4.39 Å². The molecule has 0 aliphatic carbocycles. The number of hydrogen-bond acceptors (Lipinski definition) is 4. The number of hydrogen-bond donors (Lipinski definition) is 0. The minimum absolute atomic E-state index is 0.191. The zero-order valence-corrected chi connectivity index (χ0v) is 17.4. The van der Waals surface area contributed by atoms with Gasteiger partial charge >= 0.3 is 0 Å². The molecule has 0 bridgehead atoms. The predicted molar refractivity (Wildman–Crippen MR) is 119 cm³/mol. The number of fused-ring (bicyclic) bond motifs is 3. The van der Waals surface area contributed by atoms with Crippen LogP contribution in [0.2, 0.25) is 0 Å². The van der Waals surface area contributed by atoms with Crippen LogP contribution >= 0.6 is 0 Å². The third-order valence-electron chi connectivity index (χ3n) is 5.52.